The average Bonchev–Trinajstić information content (AvgIpc) is 2.68. The summed E-state index contributed by atoms with van der Waals surface area (Å²) in [6.45, 7) is 0. The average molecular weight is 329 g/mol. The van der Waals surface area contributed by atoms with E-state index < -0.39 is 11.6 Å². The number of rotatable bonds is 1. The molecule has 0 radical (unpaired) electrons. The van der Waals surface area contributed by atoms with Crippen molar-refractivity contribution in [3.63, 3.8) is 0 Å². The minimum atomic E-state index is -0.537. The molecule has 98 valence electrons. The minimum absolute atomic E-state index is 0.0605. The molecule has 0 bridgehead atoms. The van der Waals surface area contributed by atoms with Gasteiger partial charge in [0.2, 0.25) is 11.6 Å². The fourth-order valence-corrected chi connectivity index (χ4v) is 2.60. The number of phenols is 1. The van der Waals surface area contributed by atoms with Gasteiger partial charge in [0.1, 0.15) is 5.75 Å². The number of fused-ring (bicyclic) bond motifs is 1. The molecule has 0 aliphatic heterocycles. The van der Waals surface area contributed by atoms with Crippen molar-refractivity contribution in [3.05, 3.63) is 63.6 Å². The Hall–Kier alpha value is -2.20. The second kappa shape index (κ2) is 4.72. The van der Waals surface area contributed by atoms with Gasteiger partial charge in [-0.25, -0.2) is 0 Å². The largest absolute Gasteiger partial charge is 0.507 e. The monoisotopic (exact) mass is 328 g/mol. The summed E-state index contributed by atoms with van der Waals surface area (Å²) >= 11 is 3.31. The molecule has 4 heteroatoms. The summed E-state index contributed by atoms with van der Waals surface area (Å²) in [5, 5.41) is 9.83. The summed E-state index contributed by atoms with van der Waals surface area (Å²) < 4.78 is 0.784. The molecule has 20 heavy (non-hydrogen) atoms. The smallest absolute Gasteiger partial charge is 0.234 e. The Morgan fingerprint density at radius 1 is 0.950 bits per heavy atom. The number of ketones is 2. The Morgan fingerprint density at radius 3 is 2.40 bits per heavy atom. The summed E-state index contributed by atoms with van der Waals surface area (Å²) in [6.07, 6.45) is 1.55. The maximum atomic E-state index is 12.1. The number of Topliss-reactive ketones (excluding diaryl/α,β-unsaturated/α-hetero) is 2. The van der Waals surface area contributed by atoms with Gasteiger partial charge in [0, 0.05) is 21.2 Å². The predicted molar refractivity (Wildman–Crippen MR) is 79.5 cm³/mol. The molecule has 2 aromatic carbocycles. The van der Waals surface area contributed by atoms with Gasteiger partial charge in [-0.3, -0.25) is 9.59 Å². The standard InChI is InChI=1S/C16H9BrO3/c17-10-5-6-14(18)9(7-10)8-13-11-3-1-2-4-12(11)15(19)16(13)20/h1-8,18H/b13-8-. The number of hydrogen-bond acceptors (Lipinski definition) is 3. The summed E-state index contributed by atoms with van der Waals surface area (Å²) in [5.41, 5.74) is 1.84. The summed E-state index contributed by atoms with van der Waals surface area (Å²) in [5.74, 6) is -0.975. The van der Waals surface area contributed by atoms with Crippen molar-refractivity contribution >= 4 is 39.1 Å². The fourth-order valence-electron chi connectivity index (χ4n) is 2.22. The molecule has 0 fully saturated rings. The van der Waals surface area contributed by atoms with Crippen LogP contribution in [0.3, 0.4) is 0 Å². The van der Waals surface area contributed by atoms with Crippen molar-refractivity contribution in [2.75, 3.05) is 0 Å². The topological polar surface area (TPSA) is 54.4 Å². The molecule has 0 heterocycles. The first-order valence-corrected chi connectivity index (χ1v) is 6.76. The van der Waals surface area contributed by atoms with E-state index in [4.69, 9.17) is 0 Å². The van der Waals surface area contributed by atoms with Crippen molar-refractivity contribution in [1.29, 1.82) is 0 Å². The third kappa shape index (κ3) is 1.98. The lowest BCUT2D eigenvalue weighted by Crippen LogP contribution is -2.05. The molecule has 0 atom stereocenters. The molecule has 1 N–H and O–H groups in total. The normalized spacial score (nSPS) is 15.8. The number of carbonyl (C=O) groups excluding carboxylic acids is 2. The first-order chi connectivity index (χ1) is 9.58. The van der Waals surface area contributed by atoms with Crippen LogP contribution in [0.5, 0.6) is 5.75 Å². The number of hydrogen-bond donors (Lipinski definition) is 1. The fraction of sp³-hybridized carbons (Fsp3) is 0. The van der Waals surface area contributed by atoms with Crippen LogP contribution < -0.4 is 0 Å². The van der Waals surface area contributed by atoms with Gasteiger partial charge in [-0.2, -0.15) is 0 Å². The van der Waals surface area contributed by atoms with Gasteiger partial charge in [-0.15, -0.1) is 0 Å². The second-order valence-electron chi connectivity index (χ2n) is 4.46. The molecule has 2 aromatic rings. The Labute approximate surface area is 123 Å². The van der Waals surface area contributed by atoms with Crippen molar-refractivity contribution in [2.45, 2.75) is 0 Å². The highest BCUT2D eigenvalue weighted by Gasteiger charge is 2.32. The third-order valence-corrected chi connectivity index (χ3v) is 3.70. The van der Waals surface area contributed by atoms with E-state index in [0.29, 0.717) is 22.3 Å². The molecule has 1 aliphatic carbocycles. The highest BCUT2D eigenvalue weighted by atomic mass is 79.9. The van der Waals surface area contributed by atoms with Crippen LogP contribution in [0.4, 0.5) is 0 Å². The minimum Gasteiger partial charge on any atom is -0.507 e. The zero-order valence-corrected chi connectivity index (χ0v) is 11.8. The first-order valence-electron chi connectivity index (χ1n) is 5.96. The molecular formula is C16H9BrO3. The van der Waals surface area contributed by atoms with E-state index >= 15 is 0 Å². The van der Waals surface area contributed by atoms with E-state index in [1.54, 1.807) is 42.5 Å². The molecule has 0 spiro atoms. The maximum Gasteiger partial charge on any atom is 0.234 e. The Bertz CT molecular complexity index is 775. The Kier molecular flexibility index (Phi) is 3.03. The van der Waals surface area contributed by atoms with Crippen LogP contribution >= 0.6 is 15.9 Å². The highest BCUT2D eigenvalue weighted by Crippen LogP contribution is 2.33. The van der Waals surface area contributed by atoms with E-state index in [1.165, 1.54) is 6.07 Å². The zero-order chi connectivity index (χ0) is 14.3. The summed E-state index contributed by atoms with van der Waals surface area (Å²) in [7, 11) is 0. The van der Waals surface area contributed by atoms with Crippen molar-refractivity contribution in [1.82, 2.24) is 0 Å². The molecule has 0 saturated carbocycles. The molecule has 0 aromatic heterocycles. The molecular weight excluding hydrogens is 320 g/mol. The molecule has 0 amide bonds. The van der Waals surface area contributed by atoms with Crippen LogP contribution in [0.2, 0.25) is 0 Å². The molecule has 3 rings (SSSR count). The Balaban J connectivity index is 2.20. The number of phenolic OH excluding ortho intramolecular Hbond substituents is 1. The lowest BCUT2D eigenvalue weighted by molar-refractivity contribution is -0.109. The zero-order valence-electron chi connectivity index (χ0n) is 10.3. The van der Waals surface area contributed by atoms with Crippen molar-refractivity contribution < 1.29 is 14.7 Å². The predicted octanol–water partition coefficient (Wildman–Crippen LogP) is 3.46. The SMILES string of the molecule is O=C1C(=O)c2ccccc2/C1=C/c1cc(Br)ccc1O. The quantitative estimate of drug-likeness (QED) is 0.644. The number of carbonyl (C=O) groups is 2. The van der Waals surface area contributed by atoms with Gasteiger partial charge in [-0.1, -0.05) is 40.2 Å². The highest BCUT2D eigenvalue weighted by molar-refractivity contribution is 9.10. The molecule has 0 unspecified atom stereocenters. The van der Waals surface area contributed by atoms with Crippen LogP contribution in [0.1, 0.15) is 21.5 Å². The van der Waals surface area contributed by atoms with E-state index in [-0.39, 0.29) is 5.75 Å². The van der Waals surface area contributed by atoms with Gasteiger partial charge in [0.15, 0.2) is 0 Å². The molecule has 3 nitrogen and oxygen atoms in total. The number of allylic oxidation sites excluding steroid dienone is 1. The lowest BCUT2D eigenvalue weighted by atomic mass is 10.0. The van der Waals surface area contributed by atoms with Gasteiger partial charge in [0.05, 0.1) is 0 Å². The van der Waals surface area contributed by atoms with Crippen LogP contribution in [0.25, 0.3) is 11.6 Å². The van der Waals surface area contributed by atoms with Crippen LogP contribution in [0, 0.1) is 0 Å². The summed E-state index contributed by atoms with van der Waals surface area (Å²) in [6, 6.07) is 11.8. The van der Waals surface area contributed by atoms with Gasteiger partial charge in [-0.05, 0) is 29.8 Å². The lowest BCUT2D eigenvalue weighted by Gasteiger charge is -2.02. The van der Waals surface area contributed by atoms with Gasteiger partial charge >= 0.3 is 0 Å². The Morgan fingerprint density at radius 2 is 1.65 bits per heavy atom. The van der Waals surface area contributed by atoms with Crippen molar-refractivity contribution in [3.8, 4) is 5.75 Å². The third-order valence-electron chi connectivity index (χ3n) is 3.20. The van der Waals surface area contributed by atoms with Crippen LogP contribution in [-0.2, 0) is 4.79 Å². The molecule has 0 saturated heterocycles. The second-order valence-corrected chi connectivity index (χ2v) is 5.38. The summed E-state index contributed by atoms with van der Waals surface area (Å²) in [4.78, 5) is 23.9. The van der Waals surface area contributed by atoms with E-state index in [9.17, 15) is 14.7 Å². The maximum absolute atomic E-state index is 12.1. The van der Waals surface area contributed by atoms with E-state index in [0.717, 1.165) is 4.47 Å². The number of benzene rings is 2. The van der Waals surface area contributed by atoms with Crippen molar-refractivity contribution in [2.24, 2.45) is 0 Å². The first kappa shape index (κ1) is 12.8. The van der Waals surface area contributed by atoms with E-state index in [1.807, 2.05) is 0 Å². The van der Waals surface area contributed by atoms with Gasteiger partial charge < -0.3 is 5.11 Å². The number of aromatic hydroxyl groups is 1. The van der Waals surface area contributed by atoms with Crippen LogP contribution in [0.15, 0.2) is 46.9 Å². The van der Waals surface area contributed by atoms with E-state index in [2.05, 4.69) is 15.9 Å². The van der Waals surface area contributed by atoms with Gasteiger partial charge in [0.25, 0.3) is 0 Å². The van der Waals surface area contributed by atoms with Crippen LogP contribution in [-0.4, -0.2) is 16.7 Å². The molecule has 1 aliphatic rings. The number of halogens is 1.